The second-order valence-corrected chi connectivity index (χ2v) is 7.13. The molecule has 0 atom stereocenters. The van der Waals surface area contributed by atoms with Gasteiger partial charge < -0.3 is 4.74 Å². The van der Waals surface area contributed by atoms with Gasteiger partial charge in [-0.1, -0.05) is 24.3 Å². The van der Waals surface area contributed by atoms with Gasteiger partial charge in [-0.05, 0) is 36.4 Å². The number of fused-ring (bicyclic) bond motifs is 1. The van der Waals surface area contributed by atoms with Crippen LogP contribution in [0, 0.1) is 5.82 Å². The third-order valence-corrected chi connectivity index (χ3v) is 5.35. The summed E-state index contributed by atoms with van der Waals surface area (Å²) in [6.45, 7) is 0.394. The number of para-hydroxylation sites is 1. The second kappa shape index (κ2) is 7.76. The van der Waals surface area contributed by atoms with Crippen LogP contribution in [0.25, 0.3) is 6.08 Å². The summed E-state index contributed by atoms with van der Waals surface area (Å²) in [6, 6.07) is 15.7. The molecule has 0 N–H and O–H groups in total. The quantitative estimate of drug-likeness (QED) is 0.588. The zero-order valence-corrected chi connectivity index (χ0v) is 15.2. The highest BCUT2D eigenvalue weighted by molar-refractivity contribution is 7.99. The average Bonchev–Trinajstić information content (AvgIpc) is 2.70. The maximum absolute atomic E-state index is 13.5. The van der Waals surface area contributed by atoms with Crippen LogP contribution in [0.1, 0.15) is 21.5 Å². The first-order valence-electron chi connectivity index (χ1n) is 8.49. The maximum atomic E-state index is 13.5. The summed E-state index contributed by atoms with van der Waals surface area (Å²) < 4.78 is 19.5. The van der Waals surface area contributed by atoms with Crippen molar-refractivity contribution in [2.24, 2.45) is 0 Å². The summed E-state index contributed by atoms with van der Waals surface area (Å²) in [5.74, 6) is 0.708. The van der Waals surface area contributed by atoms with E-state index in [-0.39, 0.29) is 5.78 Å². The van der Waals surface area contributed by atoms with Crippen LogP contribution in [0.15, 0.2) is 77.5 Å². The Labute approximate surface area is 160 Å². The lowest BCUT2D eigenvalue weighted by molar-refractivity contribution is 0.103. The molecular weight excluding hydrogens is 361 g/mol. The Balaban J connectivity index is 1.60. The Morgan fingerprint density at radius 1 is 1.15 bits per heavy atom. The Morgan fingerprint density at radius 2 is 2.04 bits per heavy atom. The number of rotatable bonds is 4. The first-order valence-corrected chi connectivity index (χ1v) is 9.47. The van der Waals surface area contributed by atoms with Gasteiger partial charge >= 0.3 is 0 Å². The van der Waals surface area contributed by atoms with Crippen LogP contribution in [0.2, 0.25) is 0 Å². The highest BCUT2D eigenvalue weighted by atomic mass is 32.2. The summed E-state index contributed by atoms with van der Waals surface area (Å²) in [5, 5.41) is 0. The third kappa shape index (κ3) is 3.93. The molecule has 0 spiro atoms. The zero-order valence-electron chi connectivity index (χ0n) is 14.4. The van der Waals surface area contributed by atoms with Crippen molar-refractivity contribution in [2.45, 2.75) is 11.5 Å². The monoisotopic (exact) mass is 377 g/mol. The van der Waals surface area contributed by atoms with Crippen molar-refractivity contribution in [2.75, 3.05) is 5.75 Å². The lowest BCUT2D eigenvalue weighted by Gasteiger charge is -2.17. The molecule has 0 unspecified atom stereocenters. The minimum Gasteiger partial charge on any atom is -0.488 e. The number of carbonyl (C=O) groups excluding carboxylic acids is 1. The molecule has 3 nitrogen and oxygen atoms in total. The van der Waals surface area contributed by atoms with Crippen LogP contribution in [-0.4, -0.2) is 16.5 Å². The predicted octanol–water partition coefficient (Wildman–Crippen LogP) is 5.17. The fraction of sp³-hybridized carbons (Fsp3) is 0.0909. The molecule has 0 aliphatic carbocycles. The molecule has 2 aromatic carbocycles. The van der Waals surface area contributed by atoms with Gasteiger partial charge in [0.15, 0.2) is 5.78 Å². The summed E-state index contributed by atoms with van der Waals surface area (Å²) in [5.41, 5.74) is 2.85. The van der Waals surface area contributed by atoms with E-state index in [1.165, 1.54) is 23.9 Å². The van der Waals surface area contributed by atoms with Gasteiger partial charge in [0, 0.05) is 45.3 Å². The van der Waals surface area contributed by atoms with E-state index in [9.17, 15) is 9.18 Å². The Morgan fingerprint density at radius 3 is 2.89 bits per heavy atom. The van der Waals surface area contributed by atoms with Crippen molar-refractivity contribution in [3.63, 3.8) is 0 Å². The Kier molecular flexibility index (Phi) is 5.03. The molecule has 0 saturated carbocycles. The number of aromatic nitrogens is 1. The largest absolute Gasteiger partial charge is 0.488 e. The zero-order chi connectivity index (χ0) is 18.6. The molecule has 0 fully saturated rings. The first kappa shape index (κ1) is 17.5. The molecule has 0 bridgehead atoms. The molecule has 3 aromatic rings. The topological polar surface area (TPSA) is 39.2 Å². The van der Waals surface area contributed by atoms with Gasteiger partial charge in [-0.15, -0.1) is 11.8 Å². The van der Waals surface area contributed by atoms with Crippen LogP contribution >= 0.6 is 11.8 Å². The van der Waals surface area contributed by atoms with Gasteiger partial charge in [-0.25, -0.2) is 4.39 Å². The number of hydrogen-bond acceptors (Lipinski definition) is 4. The van der Waals surface area contributed by atoms with Crippen molar-refractivity contribution in [3.8, 4) is 5.75 Å². The number of benzene rings is 2. The molecule has 134 valence electrons. The first-order chi connectivity index (χ1) is 13.2. The standard InChI is InChI=1S/C22H16FNO2S/c23-18-7-8-21-19(11-18)22(25)17(14-27-21)10-16-5-1-2-6-20(16)26-13-15-4-3-9-24-12-15/h1-12H,13-14H2/b17-10-. The fourth-order valence-electron chi connectivity index (χ4n) is 2.87. The molecule has 2 heterocycles. The lowest BCUT2D eigenvalue weighted by atomic mass is 10.0. The summed E-state index contributed by atoms with van der Waals surface area (Å²) in [7, 11) is 0. The average molecular weight is 377 g/mol. The van der Waals surface area contributed by atoms with E-state index in [4.69, 9.17) is 4.74 Å². The van der Waals surface area contributed by atoms with Crippen molar-refractivity contribution in [1.82, 2.24) is 4.98 Å². The number of carbonyl (C=O) groups is 1. The van der Waals surface area contributed by atoms with Gasteiger partial charge in [0.25, 0.3) is 0 Å². The van der Waals surface area contributed by atoms with E-state index >= 15 is 0 Å². The number of nitrogens with zero attached hydrogens (tertiary/aromatic N) is 1. The molecule has 1 aromatic heterocycles. The number of ether oxygens (including phenoxy) is 1. The Hall–Kier alpha value is -2.92. The van der Waals surface area contributed by atoms with Gasteiger partial charge in [-0.2, -0.15) is 0 Å². The molecule has 5 heteroatoms. The SMILES string of the molecule is O=C1/C(=C\c2ccccc2OCc2cccnc2)CSc2ccc(F)cc21. The molecular formula is C22H16FNO2S. The third-order valence-electron chi connectivity index (χ3n) is 4.23. The highest BCUT2D eigenvalue weighted by Gasteiger charge is 2.23. The van der Waals surface area contributed by atoms with E-state index in [2.05, 4.69) is 4.98 Å². The molecule has 0 amide bonds. The number of Topliss-reactive ketones (excluding diaryl/α,β-unsaturated/α-hetero) is 1. The normalized spacial score (nSPS) is 14.9. The van der Waals surface area contributed by atoms with Gasteiger partial charge in [-0.3, -0.25) is 9.78 Å². The molecule has 0 saturated heterocycles. The van der Waals surface area contributed by atoms with Crippen molar-refractivity contribution in [3.05, 3.63) is 95.1 Å². The van der Waals surface area contributed by atoms with Crippen LogP contribution in [0.5, 0.6) is 5.75 Å². The van der Waals surface area contributed by atoms with E-state index < -0.39 is 5.82 Å². The Bertz CT molecular complexity index is 1020. The number of ketones is 1. The molecule has 4 rings (SSSR count). The predicted molar refractivity (Wildman–Crippen MR) is 104 cm³/mol. The highest BCUT2D eigenvalue weighted by Crippen LogP contribution is 2.34. The van der Waals surface area contributed by atoms with Crippen molar-refractivity contribution in [1.29, 1.82) is 0 Å². The van der Waals surface area contributed by atoms with Crippen LogP contribution in [0.3, 0.4) is 0 Å². The summed E-state index contributed by atoms with van der Waals surface area (Å²) >= 11 is 1.54. The van der Waals surface area contributed by atoms with Crippen LogP contribution in [-0.2, 0) is 6.61 Å². The molecule has 1 aliphatic heterocycles. The number of hydrogen-bond donors (Lipinski definition) is 0. The van der Waals surface area contributed by atoms with E-state index in [1.807, 2.05) is 42.5 Å². The minimum absolute atomic E-state index is 0.134. The molecule has 27 heavy (non-hydrogen) atoms. The van der Waals surface area contributed by atoms with Crippen molar-refractivity contribution >= 4 is 23.6 Å². The smallest absolute Gasteiger partial charge is 0.191 e. The van der Waals surface area contributed by atoms with E-state index in [0.29, 0.717) is 29.2 Å². The van der Waals surface area contributed by atoms with Gasteiger partial charge in [0.1, 0.15) is 18.2 Å². The number of thioether (sulfide) groups is 1. The minimum atomic E-state index is -0.399. The second-order valence-electron chi connectivity index (χ2n) is 6.12. The fourth-order valence-corrected chi connectivity index (χ4v) is 3.87. The van der Waals surface area contributed by atoms with Crippen molar-refractivity contribution < 1.29 is 13.9 Å². The maximum Gasteiger partial charge on any atom is 0.191 e. The number of halogens is 1. The van der Waals surface area contributed by atoms with E-state index in [0.717, 1.165) is 16.0 Å². The van der Waals surface area contributed by atoms with Crippen LogP contribution < -0.4 is 4.74 Å². The summed E-state index contributed by atoms with van der Waals surface area (Å²) in [6.07, 6.45) is 5.31. The van der Waals surface area contributed by atoms with E-state index in [1.54, 1.807) is 18.5 Å². The number of pyridine rings is 1. The van der Waals surface area contributed by atoms with Gasteiger partial charge in [0.2, 0.25) is 0 Å². The van der Waals surface area contributed by atoms with Gasteiger partial charge in [0.05, 0.1) is 0 Å². The molecule has 0 radical (unpaired) electrons. The molecule has 1 aliphatic rings. The summed E-state index contributed by atoms with van der Waals surface area (Å²) in [4.78, 5) is 17.7. The lowest BCUT2D eigenvalue weighted by Crippen LogP contribution is -2.12. The van der Waals surface area contributed by atoms with Crippen LogP contribution in [0.4, 0.5) is 4.39 Å².